The zero-order valence-electron chi connectivity index (χ0n) is 7.24. The topological polar surface area (TPSA) is 59.1 Å². The summed E-state index contributed by atoms with van der Waals surface area (Å²) in [6, 6.07) is 0. The van der Waals surface area contributed by atoms with E-state index < -0.39 is 0 Å². The number of anilines is 1. The molecule has 1 aromatic rings. The number of hydrogen-bond acceptors (Lipinski definition) is 4. The number of nitrogens with one attached hydrogen (secondary N) is 1. The van der Waals surface area contributed by atoms with Gasteiger partial charge < -0.3 is 10.1 Å². The summed E-state index contributed by atoms with van der Waals surface area (Å²) in [7, 11) is 0. The number of thiazole rings is 1. The van der Waals surface area contributed by atoms with Crippen LogP contribution in [-0.2, 0) is 9.59 Å². The fourth-order valence-corrected chi connectivity index (χ4v) is 1.30. The number of rotatable bonds is 4. The maximum absolute atomic E-state index is 11.1. The predicted octanol–water partition coefficient (Wildman–Crippen LogP) is 1.45. The number of amides is 1. The van der Waals surface area contributed by atoms with Crippen LogP contribution in [-0.4, -0.2) is 16.7 Å². The lowest BCUT2D eigenvalue weighted by atomic mass is 10.2. The molecule has 0 unspecified atom stereocenters. The second kappa shape index (κ2) is 4.71. The maximum atomic E-state index is 11.1. The molecular weight excluding hydrogens is 188 g/mol. The van der Waals surface area contributed by atoms with Gasteiger partial charge in [0.25, 0.3) is 0 Å². The first-order valence-corrected chi connectivity index (χ1v) is 4.75. The molecule has 0 saturated heterocycles. The van der Waals surface area contributed by atoms with Gasteiger partial charge in [0.05, 0.1) is 0 Å². The first-order valence-electron chi connectivity index (χ1n) is 3.87. The quantitative estimate of drug-likeness (QED) is 0.796. The molecule has 0 spiro atoms. The standard InChI is InChI=1S/C8H10N2O2S/c1-6(11)2-3-7(12)10-8-9-4-5-13-8/h4-5H,2-3H2,1H3,(H,9,10,12). The predicted molar refractivity (Wildman–Crippen MR) is 50.7 cm³/mol. The second-order valence-electron chi connectivity index (χ2n) is 2.59. The summed E-state index contributed by atoms with van der Waals surface area (Å²) in [5, 5.41) is 4.95. The fraction of sp³-hybridized carbons (Fsp3) is 0.375. The van der Waals surface area contributed by atoms with Crippen LogP contribution in [0.3, 0.4) is 0 Å². The summed E-state index contributed by atoms with van der Waals surface area (Å²) in [5.74, 6) is -0.139. The van der Waals surface area contributed by atoms with Crippen LogP contribution >= 0.6 is 11.3 Å². The molecule has 1 rings (SSSR count). The van der Waals surface area contributed by atoms with Crippen molar-refractivity contribution in [1.29, 1.82) is 0 Å². The van der Waals surface area contributed by atoms with Gasteiger partial charge in [-0.05, 0) is 6.92 Å². The van der Waals surface area contributed by atoms with E-state index in [1.54, 1.807) is 11.6 Å². The third kappa shape index (κ3) is 3.80. The molecule has 13 heavy (non-hydrogen) atoms. The molecule has 0 aliphatic rings. The Bertz CT molecular complexity index is 295. The highest BCUT2D eigenvalue weighted by molar-refractivity contribution is 7.13. The van der Waals surface area contributed by atoms with Crippen molar-refractivity contribution in [2.45, 2.75) is 19.8 Å². The molecule has 1 amide bonds. The van der Waals surface area contributed by atoms with Gasteiger partial charge in [0.1, 0.15) is 5.78 Å². The van der Waals surface area contributed by atoms with E-state index in [9.17, 15) is 9.59 Å². The molecule has 70 valence electrons. The Morgan fingerprint density at radius 2 is 2.31 bits per heavy atom. The number of aromatic nitrogens is 1. The number of carbonyl (C=O) groups is 2. The van der Waals surface area contributed by atoms with E-state index in [0.717, 1.165) is 0 Å². The molecule has 0 atom stereocenters. The molecule has 0 aliphatic carbocycles. The van der Waals surface area contributed by atoms with Gasteiger partial charge in [-0.15, -0.1) is 11.3 Å². The average Bonchev–Trinajstić information content (AvgIpc) is 2.53. The Labute approximate surface area is 80.0 Å². The molecule has 1 heterocycles. The van der Waals surface area contributed by atoms with Crippen LogP contribution in [0.15, 0.2) is 11.6 Å². The van der Waals surface area contributed by atoms with Gasteiger partial charge in [-0.25, -0.2) is 4.98 Å². The Hall–Kier alpha value is -1.23. The Morgan fingerprint density at radius 3 is 2.85 bits per heavy atom. The van der Waals surface area contributed by atoms with E-state index in [2.05, 4.69) is 10.3 Å². The lowest BCUT2D eigenvalue weighted by molar-refractivity contribution is -0.121. The van der Waals surface area contributed by atoms with Crippen LogP contribution in [0.5, 0.6) is 0 Å². The molecule has 1 aromatic heterocycles. The minimum atomic E-state index is -0.162. The zero-order chi connectivity index (χ0) is 9.68. The SMILES string of the molecule is CC(=O)CCC(=O)Nc1nccs1. The lowest BCUT2D eigenvalue weighted by Crippen LogP contribution is -2.12. The monoisotopic (exact) mass is 198 g/mol. The van der Waals surface area contributed by atoms with Crippen LogP contribution in [0.25, 0.3) is 0 Å². The zero-order valence-corrected chi connectivity index (χ0v) is 8.06. The molecule has 5 heteroatoms. The summed E-state index contributed by atoms with van der Waals surface area (Å²) < 4.78 is 0. The third-order valence-electron chi connectivity index (χ3n) is 1.38. The number of hydrogen-bond donors (Lipinski definition) is 1. The average molecular weight is 198 g/mol. The van der Waals surface area contributed by atoms with Crippen LogP contribution in [0.1, 0.15) is 19.8 Å². The summed E-state index contributed by atoms with van der Waals surface area (Å²) in [5.41, 5.74) is 0. The highest BCUT2D eigenvalue weighted by atomic mass is 32.1. The van der Waals surface area contributed by atoms with Gasteiger partial charge in [-0.2, -0.15) is 0 Å². The summed E-state index contributed by atoms with van der Waals surface area (Å²) in [6.45, 7) is 1.47. The van der Waals surface area contributed by atoms with E-state index in [0.29, 0.717) is 5.13 Å². The van der Waals surface area contributed by atoms with E-state index in [1.807, 2.05) is 0 Å². The van der Waals surface area contributed by atoms with Crippen LogP contribution in [0.4, 0.5) is 5.13 Å². The number of ketones is 1. The van der Waals surface area contributed by atoms with E-state index >= 15 is 0 Å². The molecule has 0 bridgehead atoms. The smallest absolute Gasteiger partial charge is 0.226 e. The Kier molecular flexibility index (Phi) is 3.57. The molecule has 0 aromatic carbocycles. The van der Waals surface area contributed by atoms with Crippen molar-refractivity contribution in [2.24, 2.45) is 0 Å². The minimum Gasteiger partial charge on any atom is -0.302 e. The van der Waals surface area contributed by atoms with Crippen LogP contribution in [0.2, 0.25) is 0 Å². The van der Waals surface area contributed by atoms with E-state index in [-0.39, 0.29) is 24.5 Å². The van der Waals surface area contributed by atoms with Crippen molar-refractivity contribution in [3.63, 3.8) is 0 Å². The van der Waals surface area contributed by atoms with Crippen molar-refractivity contribution in [1.82, 2.24) is 4.98 Å². The number of nitrogens with zero attached hydrogens (tertiary/aromatic N) is 1. The second-order valence-corrected chi connectivity index (χ2v) is 3.48. The minimum absolute atomic E-state index is 0.0225. The first-order chi connectivity index (χ1) is 6.18. The van der Waals surface area contributed by atoms with Crippen molar-refractivity contribution >= 4 is 28.2 Å². The molecule has 0 radical (unpaired) electrons. The van der Waals surface area contributed by atoms with Gasteiger partial charge in [0.15, 0.2) is 5.13 Å². The lowest BCUT2D eigenvalue weighted by Gasteiger charge is -1.98. The highest BCUT2D eigenvalue weighted by Gasteiger charge is 2.04. The van der Waals surface area contributed by atoms with Crippen LogP contribution in [0, 0.1) is 0 Å². The molecule has 0 saturated carbocycles. The summed E-state index contributed by atoms with van der Waals surface area (Å²) in [6.07, 6.45) is 2.14. The maximum Gasteiger partial charge on any atom is 0.226 e. The third-order valence-corrected chi connectivity index (χ3v) is 2.07. The van der Waals surface area contributed by atoms with Gasteiger partial charge in [-0.3, -0.25) is 4.79 Å². The normalized spacial score (nSPS) is 9.62. The molecule has 0 aliphatic heterocycles. The van der Waals surface area contributed by atoms with Crippen molar-refractivity contribution in [2.75, 3.05) is 5.32 Å². The number of Topliss-reactive ketones (excluding diaryl/α,β-unsaturated/α-hetero) is 1. The van der Waals surface area contributed by atoms with E-state index in [1.165, 1.54) is 18.3 Å². The van der Waals surface area contributed by atoms with Crippen molar-refractivity contribution in [3.05, 3.63) is 11.6 Å². The molecule has 4 nitrogen and oxygen atoms in total. The first kappa shape index (κ1) is 9.85. The molecule has 0 fully saturated rings. The fourth-order valence-electron chi connectivity index (χ4n) is 0.757. The Morgan fingerprint density at radius 1 is 1.54 bits per heavy atom. The van der Waals surface area contributed by atoms with Gasteiger partial charge in [0, 0.05) is 24.4 Å². The summed E-state index contributed by atoms with van der Waals surface area (Å²) in [4.78, 5) is 25.6. The van der Waals surface area contributed by atoms with Gasteiger partial charge >= 0.3 is 0 Å². The Balaban J connectivity index is 2.30. The van der Waals surface area contributed by atoms with Crippen molar-refractivity contribution < 1.29 is 9.59 Å². The van der Waals surface area contributed by atoms with Gasteiger partial charge in [0.2, 0.25) is 5.91 Å². The highest BCUT2D eigenvalue weighted by Crippen LogP contribution is 2.10. The van der Waals surface area contributed by atoms with Crippen LogP contribution < -0.4 is 5.32 Å². The molecule has 1 N–H and O–H groups in total. The largest absolute Gasteiger partial charge is 0.302 e. The van der Waals surface area contributed by atoms with E-state index in [4.69, 9.17) is 0 Å². The van der Waals surface area contributed by atoms with Crippen molar-refractivity contribution in [3.8, 4) is 0 Å². The summed E-state index contributed by atoms with van der Waals surface area (Å²) >= 11 is 1.36. The van der Waals surface area contributed by atoms with Gasteiger partial charge in [-0.1, -0.05) is 0 Å². The number of carbonyl (C=O) groups excluding carboxylic acids is 2. The molecular formula is C8H10N2O2S.